The molecule has 1 aromatic rings. The average molecular weight is 321 g/mol. The minimum absolute atomic E-state index is 0.184. The molecule has 23 heavy (non-hydrogen) atoms. The van der Waals surface area contributed by atoms with Crippen LogP contribution < -0.4 is 14.8 Å². The Morgan fingerprint density at radius 3 is 2.09 bits per heavy atom. The van der Waals surface area contributed by atoms with Crippen molar-refractivity contribution in [3.63, 3.8) is 0 Å². The smallest absolute Gasteiger partial charge is 0.330 e. The first-order valence-electron chi connectivity index (χ1n) is 7.07. The second-order valence-corrected chi connectivity index (χ2v) is 5.82. The van der Waals surface area contributed by atoms with Crippen LogP contribution in [0.2, 0.25) is 0 Å². The Kier molecular flexibility index (Phi) is 6.18. The number of hydrogen-bond acceptors (Lipinski definition) is 5. The molecule has 0 aliphatic heterocycles. The van der Waals surface area contributed by atoms with Gasteiger partial charge in [-0.25, -0.2) is 4.79 Å². The molecule has 0 fully saturated rings. The average Bonchev–Trinajstić information content (AvgIpc) is 2.51. The third-order valence-electron chi connectivity index (χ3n) is 3.11. The maximum atomic E-state index is 12.3. The number of hydrogen-bond donors (Lipinski definition) is 1. The largest absolute Gasteiger partial charge is 0.496 e. The SMILES string of the molecule is COC(=O)/C=C/c1c(OC)ccc(OC)c1NC(=O)C(C)(C)C. The van der Waals surface area contributed by atoms with Crippen molar-refractivity contribution in [1.29, 1.82) is 0 Å². The van der Waals surface area contributed by atoms with Gasteiger partial charge in [0.05, 0.1) is 27.0 Å². The molecule has 0 saturated heterocycles. The van der Waals surface area contributed by atoms with Gasteiger partial charge < -0.3 is 19.5 Å². The molecule has 0 bridgehead atoms. The summed E-state index contributed by atoms with van der Waals surface area (Å²) in [5, 5.41) is 2.84. The fraction of sp³-hybridized carbons (Fsp3) is 0.412. The number of carbonyl (C=O) groups is 2. The zero-order valence-corrected chi connectivity index (χ0v) is 14.4. The predicted octanol–water partition coefficient (Wildman–Crippen LogP) is 2.87. The summed E-state index contributed by atoms with van der Waals surface area (Å²) in [6.45, 7) is 5.41. The number of rotatable bonds is 5. The van der Waals surface area contributed by atoms with E-state index < -0.39 is 11.4 Å². The van der Waals surface area contributed by atoms with Crippen molar-refractivity contribution in [2.45, 2.75) is 20.8 Å². The van der Waals surface area contributed by atoms with Crippen LogP contribution in [0, 0.1) is 5.41 Å². The van der Waals surface area contributed by atoms with Crippen molar-refractivity contribution in [3.8, 4) is 11.5 Å². The summed E-state index contributed by atoms with van der Waals surface area (Å²) in [6.07, 6.45) is 2.77. The molecule has 0 atom stereocenters. The van der Waals surface area contributed by atoms with Crippen LogP contribution >= 0.6 is 0 Å². The zero-order chi connectivity index (χ0) is 17.6. The molecular weight excluding hydrogens is 298 g/mol. The Balaban J connectivity index is 3.41. The van der Waals surface area contributed by atoms with Gasteiger partial charge in [-0.05, 0) is 18.2 Å². The molecule has 0 unspecified atom stereocenters. The highest BCUT2D eigenvalue weighted by Gasteiger charge is 2.24. The van der Waals surface area contributed by atoms with Crippen LogP contribution in [0.15, 0.2) is 18.2 Å². The third-order valence-corrected chi connectivity index (χ3v) is 3.11. The minimum Gasteiger partial charge on any atom is -0.496 e. The third kappa shape index (κ3) is 4.74. The quantitative estimate of drug-likeness (QED) is 0.667. The number of methoxy groups -OCH3 is 3. The van der Waals surface area contributed by atoms with Gasteiger partial charge in [0.1, 0.15) is 11.5 Å². The Labute approximate surface area is 136 Å². The number of amides is 1. The van der Waals surface area contributed by atoms with E-state index in [-0.39, 0.29) is 5.91 Å². The van der Waals surface area contributed by atoms with Crippen molar-refractivity contribution in [1.82, 2.24) is 0 Å². The van der Waals surface area contributed by atoms with Crippen molar-refractivity contribution in [3.05, 3.63) is 23.8 Å². The lowest BCUT2D eigenvalue weighted by atomic mass is 9.95. The summed E-state index contributed by atoms with van der Waals surface area (Å²) >= 11 is 0. The lowest BCUT2D eigenvalue weighted by Crippen LogP contribution is -2.28. The number of benzene rings is 1. The van der Waals surface area contributed by atoms with Crippen LogP contribution in [0.4, 0.5) is 5.69 Å². The zero-order valence-electron chi connectivity index (χ0n) is 14.4. The minimum atomic E-state index is -0.586. The lowest BCUT2D eigenvalue weighted by Gasteiger charge is -2.21. The Morgan fingerprint density at radius 1 is 1.04 bits per heavy atom. The van der Waals surface area contributed by atoms with Crippen LogP contribution in [-0.4, -0.2) is 33.2 Å². The molecule has 0 aliphatic rings. The molecule has 0 saturated carbocycles. The van der Waals surface area contributed by atoms with E-state index in [1.54, 1.807) is 32.9 Å². The summed E-state index contributed by atoms with van der Waals surface area (Å²) in [5.41, 5.74) is 0.374. The Bertz CT molecular complexity index is 614. The van der Waals surface area contributed by atoms with E-state index in [0.717, 1.165) is 0 Å². The van der Waals surface area contributed by atoms with E-state index in [0.29, 0.717) is 22.7 Å². The van der Waals surface area contributed by atoms with Crippen molar-refractivity contribution >= 4 is 23.6 Å². The van der Waals surface area contributed by atoms with Gasteiger partial charge in [-0.1, -0.05) is 20.8 Å². The maximum Gasteiger partial charge on any atom is 0.330 e. The van der Waals surface area contributed by atoms with E-state index >= 15 is 0 Å². The van der Waals surface area contributed by atoms with Gasteiger partial charge in [-0.2, -0.15) is 0 Å². The monoisotopic (exact) mass is 321 g/mol. The van der Waals surface area contributed by atoms with Gasteiger partial charge in [0.15, 0.2) is 0 Å². The van der Waals surface area contributed by atoms with E-state index in [2.05, 4.69) is 10.1 Å². The van der Waals surface area contributed by atoms with Crippen molar-refractivity contribution < 1.29 is 23.8 Å². The highest BCUT2D eigenvalue weighted by molar-refractivity contribution is 5.99. The summed E-state index contributed by atoms with van der Waals surface area (Å²) in [4.78, 5) is 23.7. The van der Waals surface area contributed by atoms with Crippen molar-refractivity contribution in [2.75, 3.05) is 26.6 Å². The van der Waals surface area contributed by atoms with E-state index in [1.165, 1.54) is 33.5 Å². The molecule has 0 spiro atoms. The first kappa shape index (κ1) is 18.5. The molecule has 6 heteroatoms. The molecule has 0 radical (unpaired) electrons. The number of anilines is 1. The second kappa shape index (κ2) is 7.67. The summed E-state index contributed by atoms with van der Waals surface area (Å²) in [6, 6.07) is 3.38. The molecule has 126 valence electrons. The highest BCUT2D eigenvalue weighted by Crippen LogP contribution is 2.37. The van der Waals surface area contributed by atoms with Gasteiger partial charge in [0.2, 0.25) is 5.91 Å². The molecule has 1 N–H and O–H groups in total. The van der Waals surface area contributed by atoms with Gasteiger partial charge in [-0.15, -0.1) is 0 Å². The number of nitrogens with one attached hydrogen (secondary N) is 1. The van der Waals surface area contributed by atoms with E-state index in [1.807, 2.05) is 0 Å². The number of ether oxygens (including phenoxy) is 3. The van der Waals surface area contributed by atoms with Gasteiger partial charge in [-0.3, -0.25) is 4.79 Å². The second-order valence-electron chi connectivity index (χ2n) is 5.82. The first-order valence-corrected chi connectivity index (χ1v) is 7.07. The highest BCUT2D eigenvalue weighted by atomic mass is 16.5. The fourth-order valence-corrected chi connectivity index (χ4v) is 1.74. The molecule has 6 nitrogen and oxygen atoms in total. The van der Waals surface area contributed by atoms with Gasteiger partial charge in [0, 0.05) is 17.1 Å². The molecule has 0 heterocycles. The topological polar surface area (TPSA) is 73.9 Å². The standard InChI is InChI=1S/C17H23NO5/c1-17(2,3)16(20)18-15-11(7-10-14(19)23-6)12(21-4)8-9-13(15)22-5/h7-10H,1-6H3,(H,18,20)/b10-7+. The predicted molar refractivity (Wildman–Crippen MR) is 88.7 cm³/mol. The van der Waals surface area contributed by atoms with Crippen LogP contribution in [0.5, 0.6) is 11.5 Å². The van der Waals surface area contributed by atoms with E-state index in [9.17, 15) is 9.59 Å². The van der Waals surface area contributed by atoms with Crippen LogP contribution in [0.25, 0.3) is 6.08 Å². The van der Waals surface area contributed by atoms with Gasteiger partial charge in [0.25, 0.3) is 0 Å². The van der Waals surface area contributed by atoms with Crippen LogP contribution in [-0.2, 0) is 14.3 Å². The molecule has 0 aromatic heterocycles. The number of esters is 1. The first-order chi connectivity index (χ1) is 10.7. The van der Waals surface area contributed by atoms with Crippen LogP contribution in [0.3, 0.4) is 0 Å². The van der Waals surface area contributed by atoms with Crippen LogP contribution in [0.1, 0.15) is 26.3 Å². The summed E-state index contributed by atoms with van der Waals surface area (Å²) in [5.74, 6) is 0.267. The normalized spacial score (nSPS) is 11.2. The molecular formula is C17H23NO5. The summed E-state index contributed by atoms with van der Waals surface area (Å²) < 4.78 is 15.2. The van der Waals surface area contributed by atoms with E-state index in [4.69, 9.17) is 9.47 Å². The Hall–Kier alpha value is -2.50. The maximum absolute atomic E-state index is 12.3. The summed E-state index contributed by atoms with van der Waals surface area (Å²) in [7, 11) is 4.30. The molecule has 1 amide bonds. The van der Waals surface area contributed by atoms with Gasteiger partial charge >= 0.3 is 5.97 Å². The molecule has 0 aliphatic carbocycles. The van der Waals surface area contributed by atoms with Crippen molar-refractivity contribution in [2.24, 2.45) is 5.41 Å². The molecule has 1 rings (SSSR count). The molecule has 1 aromatic carbocycles. The lowest BCUT2D eigenvalue weighted by molar-refractivity contribution is -0.134. The Morgan fingerprint density at radius 2 is 1.61 bits per heavy atom. The fourth-order valence-electron chi connectivity index (χ4n) is 1.74. The number of carbonyl (C=O) groups excluding carboxylic acids is 2.